The molecule has 3 amide bonds. The lowest BCUT2D eigenvalue weighted by atomic mass is 10.3. The lowest BCUT2D eigenvalue weighted by Gasteiger charge is -2.19. The molecule has 0 rings (SSSR count). The second-order valence-electron chi connectivity index (χ2n) is 7.97. The number of hydrogen-bond acceptors (Lipinski definition) is 15. The average molecular weight is 651 g/mol. The van der Waals surface area contributed by atoms with Gasteiger partial charge < -0.3 is 62.5 Å². The standard InChI is InChI=1S/C23H46N3O15P.CH4/c1-32-11-13-35-10-7-25-22(28)39-17-20(18-40-23(29)26-19-37-14-12-33-2)38-8-4-5-21(27)24-6-9-36-15-16-41-42(30,31)34-3;/h20H,4-19H2,1-3H3,(H,24,27)(H,25,28)(H,26,29)(H,30,31);1H4/p-1. The molecular formula is C24H49N3O15P-. The summed E-state index contributed by atoms with van der Waals surface area (Å²) in [6, 6.07) is 0. The molecule has 0 aliphatic heterocycles. The van der Waals surface area contributed by atoms with Gasteiger partial charge in [-0.3, -0.25) is 14.7 Å². The van der Waals surface area contributed by atoms with Crippen molar-refractivity contribution in [2.75, 3.05) is 114 Å². The molecule has 256 valence electrons. The van der Waals surface area contributed by atoms with Gasteiger partial charge in [0.05, 0.1) is 52.9 Å². The quantitative estimate of drug-likeness (QED) is 0.0566. The third kappa shape index (κ3) is 29.7. The van der Waals surface area contributed by atoms with Crippen LogP contribution < -0.4 is 20.8 Å². The summed E-state index contributed by atoms with van der Waals surface area (Å²) in [4.78, 5) is 46.8. The molecule has 0 aliphatic carbocycles. The normalized spacial score (nSPS) is 12.8. The molecule has 3 N–H and O–H groups in total. The van der Waals surface area contributed by atoms with Gasteiger partial charge in [0, 0.05) is 47.4 Å². The molecule has 0 fully saturated rings. The topological polar surface area (TPSA) is 220 Å². The van der Waals surface area contributed by atoms with Crippen LogP contribution in [-0.2, 0) is 56.3 Å². The van der Waals surface area contributed by atoms with Crippen LogP contribution in [0, 0.1) is 0 Å². The summed E-state index contributed by atoms with van der Waals surface area (Å²) in [5.74, 6) is -0.258. The van der Waals surface area contributed by atoms with Gasteiger partial charge in [0.15, 0.2) is 0 Å². The monoisotopic (exact) mass is 650 g/mol. The highest BCUT2D eigenvalue weighted by Crippen LogP contribution is 2.36. The number of carbonyl (C=O) groups is 3. The first-order chi connectivity index (χ1) is 20.2. The van der Waals surface area contributed by atoms with Gasteiger partial charge in [0.25, 0.3) is 7.82 Å². The Balaban J connectivity index is 0. The first kappa shape index (κ1) is 43.0. The summed E-state index contributed by atoms with van der Waals surface area (Å²) in [6.07, 6.45) is -1.79. The summed E-state index contributed by atoms with van der Waals surface area (Å²) in [5, 5.41) is 7.56. The maximum atomic E-state index is 12.0. The van der Waals surface area contributed by atoms with Crippen molar-refractivity contribution in [2.24, 2.45) is 0 Å². The molecule has 0 aliphatic rings. The van der Waals surface area contributed by atoms with Crippen LogP contribution in [-0.4, -0.2) is 138 Å². The van der Waals surface area contributed by atoms with Crippen molar-refractivity contribution in [3.05, 3.63) is 0 Å². The number of hydrogen-bond donors (Lipinski definition) is 3. The number of alkyl carbamates (subject to hydrolysis) is 2. The molecule has 2 unspecified atom stereocenters. The molecule has 0 saturated heterocycles. The van der Waals surface area contributed by atoms with Crippen molar-refractivity contribution in [3.63, 3.8) is 0 Å². The van der Waals surface area contributed by atoms with E-state index in [-0.39, 0.29) is 85.8 Å². The summed E-state index contributed by atoms with van der Waals surface area (Å²) in [6.45, 7) is 1.75. The lowest BCUT2D eigenvalue weighted by Crippen LogP contribution is -2.35. The van der Waals surface area contributed by atoms with Crippen LogP contribution in [0.1, 0.15) is 20.3 Å². The minimum atomic E-state index is -4.29. The highest BCUT2D eigenvalue weighted by molar-refractivity contribution is 7.45. The van der Waals surface area contributed by atoms with E-state index in [2.05, 4.69) is 25.0 Å². The Morgan fingerprint density at radius 1 is 0.721 bits per heavy atom. The van der Waals surface area contributed by atoms with Crippen molar-refractivity contribution in [1.82, 2.24) is 16.0 Å². The summed E-state index contributed by atoms with van der Waals surface area (Å²) in [7, 11) is -0.223. The van der Waals surface area contributed by atoms with E-state index in [1.165, 1.54) is 7.11 Å². The van der Waals surface area contributed by atoms with E-state index in [1.807, 2.05) is 0 Å². The van der Waals surface area contributed by atoms with Gasteiger partial charge in [-0.2, -0.15) is 0 Å². The fourth-order valence-electron chi connectivity index (χ4n) is 2.57. The van der Waals surface area contributed by atoms with Crippen molar-refractivity contribution < 1.29 is 70.8 Å². The van der Waals surface area contributed by atoms with Crippen LogP contribution in [0.5, 0.6) is 0 Å². The zero-order chi connectivity index (χ0) is 31.3. The number of ether oxygens (including phenoxy) is 8. The molecule has 0 radical (unpaired) electrons. The fraction of sp³-hybridized carbons (Fsp3) is 0.875. The smallest absolute Gasteiger partial charge is 0.409 e. The number of nitrogens with one attached hydrogen (secondary N) is 3. The Labute approximate surface area is 253 Å². The van der Waals surface area contributed by atoms with Gasteiger partial charge in [-0.25, -0.2) is 9.59 Å². The lowest BCUT2D eigenvalue weighted by molar-refractivity contribution is -0.223. The number of phosphoric acid groups is 1. The Hall–Kier alpha value is -2.12. The van der Waals surface area contributed by atoms with Crippen molar-refractivity contribution in [3.8, 4) is 0 Å². The highest BCUT2D eigenvalue weighted by Gasteiger charge is 2.16. The van der Waals surface area contributed by atoms with E-state index in [1.54, 1.807) is 7.11 Å². The third-order valence-corrected chi connectivity index (χ3v) is 5.62. The van der Waals surface area contributed by atoms with E-state index in [9.17, 15) is 23.8 Å². The second kappa shape index (κ2) is 29.9. The zero-order valence-corrected chi connectivity index (χ0v) is 25.4. The average Bonchev–Trinajstić information content (AvgIpc) is 2.97. The molecule has 0 aromatic heterocycles. The maximum absolute atomic E-state index is 12.0. The molecular weight excluding hydrogens is 601 g/mol. The van der Waals surface area contributed by atoms with Gasteiger partial charge >= 0.3 is 12.2 Å². The number of carbonyl (C=O) groups excluding carboxylic acids is 3. The van der Waals surface area contributed by atoms with E-state index < -0.39 is 26.1 Å². The Morgan fingerprint density at radius 3 is 1.88 bits per heavy atom. The third-order valence-electron chi connectivity index (χ3n) is 4.67. The molecule has 0 bridgehead atoms. The Morgan fingerprint density at radius 2 is 1.28 bits per heavy atom. The largest absolute Gasteiger partial charge is 0.756 e. The van der Waals surface area contributed by atoms with Crippen LogP contribution in [0.3, 0.4) is 0 Å². The molecule has 0 heterocycles. The van der Waals surface area contributed by atoms with Crippen LogP contribution in [0.2, 0.25) is 0 Å². The Kier molecular flexibility index (Phi) is 29.9. The predicted octanol–water partition coefficient (Wildman–Crippen LogP) is -0.212. The Bertz CT molecular complexity index is 751. The van der Waals surface area contributed by atoms with E-state index in [4.69, 9.17) is 37.9 Å². The van der Waals surface area contributed by atoms with Crippen LogP contribution in [0.15, 0.2) is 0 Å². The van der Waals surface area contributed by atoms with Crippen LogP contribution >= 0.6 is 7.82 Å². The number of methoxy groups -OCH3 is 2. The second-order valence-corrected chi connectivity index (χ2v) is 9.49. The van der Waals surface area contributed by atoms with Crippen molar-refractivity contribution in [2.45, 2.75) is 26.4 Å². The molecule has 0 aromatic carbocycles. The van der Waals surface area contributed by atoms with Gasteiger partial charge in [0.2, 0.25) is 5.91 Å². The summed E-state index contributed by atoms with van der Waals surface area (Å²) >= 11 is 0. The molecule has 43 heavy (non-hydrogen) atoms. The minimum absolute atomic E-state index is 0. The zero-order valence-electron chi connectivity index (χ0n) is 24.5. The predicted molar refractivity (Wildman–Crippen MR) is 149 cm³/mol. The van der Waals surface area contributed by atoms with Gasteiger partial charge in [0.1, 0.15) is 26.0 Å². The SMILES string of the molecule is C.COCCOCCNC(=O)OCC(COC(=O)NCOCCOC)OCCCC(=O)NCCOCCOP(=O)([O-])OC. The number of rotatable bonds is 28. The minimum Gasteiger partial charge on any atom is -0.756 e. The van der Waals surface area contributed by atoms with Crippen molar-refractivity contribution in [1.29, 1.82) is 0 Å². The van der Waals surface area contributed by atoms with Crippen LogP contribution in [0.25, 0.3) is 0 Å². The maximum Gasteiger partial charge on any atom is 0.409 e. The van der Waals surface area contributed by atoms with E-state index >= 15 is 0 Å². The molecule has 2 atom stereocenters. The fourth-order valence-corrected chi connectivity index (χ4v) is 2.98. The van der Waals surface area contributed by atoms with E-state index in [0.29, 0.717) is 32.8 Å². The summed E-state index contributed by atoms with van der Waals surface area (Å²) < 4.78 is 60.8. The molecule has 0 spiro atoms. The number of amides is 3. The van der Waals surface area contributed by atoms with Crippen LogP contribution in [0.4, 0.5) is 9.59 Å². The molecule has 19 heteroatoms. The van der Waals surface area contributed by atoms with E-state index in [0.717, 1.165) is 7.11 Å². The first-order valence-corrected chi connectivity index (χ1v) is 14.6. The van der Waals surface area contributed by atoms with Gasteiger partial charge in [-0.1, -0.05) is 7.43 Å². The number of phosphoric ester groups is 1. The highest BCUT2D eigenvalue weighted by atomic mass is 31.2. The molecule has 0 saturated carbocycles. The molecule has 0 aromatic rings. The van der Waals surface area contributed by atoms with Crippen molar-refractivity contribution >= 4 is 25.9 Å². The summed E-state index contributed by atoms with van der Waals surface area (Å²) in [5.41, 5.74) is 0. The van der Waals surface area contributed by atoms with Gasteiger partial charge in [-0.05, 0) is 6.42 Å². The first-order valence-electron chi connectivity index (χ1n) is 13.2. The van der Waals surface area contributed by atoms with Gasteiger partial charge in [-0.15, -0.1) is 0 Å². The molecule has 18 nitrogen and oxygen atoms in total.